The van der Waals surface area contributed by atoms with Gasteiger partial charge in [-0.25, -0.2) is 4.99 Å². The second-order valence-corrected chi connectivity index (χ2v) is 6.67. The summed E-state index contributed by atoms with van der Waals surface area (Å²) < 4.78 is 0. The first-order valence-corrected chi connectivity index (χ1v) is 10.3. The number of amides is 1. The summed E-state index contributed by atoms with van der Waals surface area (Å²) in [4.78, 5) is 18.6. The molecule has 0 aliphatic rings. The Morgan fingerprint density at radius 2 is 1.72 bits per heavy atom. The number of nitrogens with one attached hydrogen (secondary N) is 3. The van der Waals surface area contributed by atoms with E-state index in [-0.39, 0.29) is 5.91 Å². The first-order valence-electron chi connectivity index (χ1n) is 10.3. The number of hydrogen-bond donors (Lipinski definition) is 3. The van der Waals surface area contributed by atoms with Crippen LogP contribution in [0.5, 0.6) is 0 Å². The highest BCUT2D eigenvalue weighted by atomic mass is 16.1. The molecule has 0 fully saturated rings. The standard InChI is InChI=1S/C23H33N5O/c1-4-25-23(27-18-19-12-14-20(15-13-19)22(29)24-3)26-16-9-17-28(5-2)21-10-7-6-8-11-21/h6-8,10-15H,4-5,9,16-18H2,1-3H3,(H,24,29)(H2,25,26,27). The largest absolute Gasteiger partial charge is 0.372 e. The van der Waals surface area contributed by atoms with Crippen LogP contribution < -0.4 is 20.9 Å². The van der Waals surface area contributed by atoms with E-state index in [0.29, 0.717) is 12.1 Å². The topological polar surface area (TPSA) is 68.8 Å². The van der Waals surface area contributed by atoms with Gasteiger partial charge in [0.15, 0.2) is 5.96 Å². The number of anilines is 1. The lowest BCUT2D eigenvalue weighted by Gasteiger charge is -2.23. The molecule has 0 aromatic heterocycles. The van der Waals surface area contributed by atoms with Crippen molar-refractivity contribution in [3.05, 3.63) is 65.7 Å². The fraction of sp³-hybridized carbons (Fsp3) is 0.391. The molecular formula is C23H33N5O. The van der Waals surface area contributed by atoms with Gasteiger partial charge in [0, 0.05) is 44.5 Å². The van der Waals surface area contributed by atoms with Gasteiger partial charge in [-0.1, -0.05) is 30.3 Å². The van der Waals surface area contributed by atoms with Gasteiger partial charge < -0.3 is 20.9 Å². The fourth-order valence-electron chi connectivity index (χ4n) is 3.00. The lowest BCUT2D eigenvalue weighted by molar-refractivity contribution is 0.0963. The number of hydrogen-bond acceptors (Lipinski definition) is 3. The van der Waals surface area contributed by atoms with Gasteiger partial charge in [-0.15, -0.1) is 0 Å². The predicted octanol–water partition coefficient (Wildman–Crippen LogP) is 3.02. The lowest BCUT2D eigenvalue weighted by Crippen LogP contribution is -2.38. The zero-order valence-corrected chi connectivity index (χ0v) is 17.7. The third-order valence-corrected chi connectivity index (χ3v) is 4.61. The molecule has 0 unspecified atom stereocenters. The molecule has 0 atom stereocenters. The zero-order chi connectivity index (χ0) is 20.9. The molecule has 0 aliphatic carbocycles. The van der Waals surface area contributed by atoms with Crippen LogP contribution in [0.4, 0.5) is 5.69 Å². The monoisotopic (exact) mass is 395 g/mol. The highest BCUT2D eigenvalue weighted by Gasteiger charge is 2.04. The summed E-state index contributed by atoms with van der Waals surface area (Å²) in [5.41, 5.74) is 2.98. The maximum atomic E-state index is 11.6. The van der Waals surface area contributed by atoms with Crippen LogP contribution >= 0.6 is 0 Å². The molecule has 2 rings (SSSR count). The fourth-order valence-corrected chi connectivity index (χ4v) is 3.00. The summed E-state index contributed by atoms with van der Waals surface area (Å²) in [6.07, 6.45) is 1.02. The smallest absolute Gasteiger partial charge is 0.251 e. The number of carbonyl (C=O) groups is 1. The van der Waals surface area contributed by atoms with Gasteiger partial charge in [-0.3, -0.25) is 4.79 Å². The Morgan fingerprint density at radius 3 is 2.34 bits per heavy atom. The summed E-state index contributed by atoms with van der Waals surface area (Å²) in [5, 5.41) is 9.32. The van der Waals surface area contributed by atoms with Crippen molar-refractivity contribution in [2.45, 2.75) is 26.8 Å². The summed E-state index contributed by atoms with van der Waals surface area (Å²) in [6.45, 7) is 8.45. The summed E-state index contributed by atoms with van der Waals surface area (Å²) in [5.74, 6) is 0.734. The van der Waals surface area contributed by atoms with E-state index in [1.54, 1.807) is 7.05 Å². The van der Waals surface area contributed by atoms with E-state index in [2.05, 4.69) is 64.0 Å². The molecule has 1 amide bonds. The van der Waals surface area contributed by atoms with Crippen molar-refractivity contribution in [1.82, 2.24) is 16.0 Å². The number of para-hydroxylation sites is 1. The second kappa shape index (κ2) is 12.4. The highest BCUT2D eigenvalue weighted by Crippen LogP contribution is 2.12. The highest BCUT2D eigenvalue weighted by molar-refractivity contribution is 5.93. The SMILES string of the molecule is CCNC(=NCc1ccc(C(=O)NC)cc1)NCCCN(CC)c1ccccc1. The van der Waals surface area contributed by atoms with Crippen LogP contribution in [0.1, 0.15) is 36.2 Å². The molecule has 2 aromatic rings. The third-order valence-electron chi connectivity index (χ3n) is 4.61. The molecule has 29 heavy (non-hydrogen) atoms. The minimum atomic E-state index is -0.0771. The Labute approximate surface area is 174 Å². The van der Waals surface area contributed by atoms with Crippen molar-refractivity contribution in [2.75, 3.05) is 38.1 Å². The molecule has 0 saturated carbocycles. The van der Waals surface area contributed by atoms with Crippen molar-refractivity contribution >= 4 is 17.6 Å². The van der Waals surface area contributed by atoms with Gasteiger partial charge in [0.1, 0.15) is 0 Å². The van der Waals surface area contributed by atoms with Gasteiger partial charge in [0.2, 0.25) is 0 Å². The molecule has 0 spiro atoms. The van der Waals surface area contributed by atoms with Crippen molar-refractivity contribution < 1.29 is 4.79 Å². The zero-order valence-electron chi connectivity index (χ0n) is 17.7. The Balaban J connectivity index is 1.83. The number of nitrogens with zero attached hydrogens (tertiary/aromatic N) is 2. The Morgan fingerprint density at radius 1 is 1.00 bits per heavy atom. The Bertz CT molecular complexity index is 759. The quantitative estimate of drug-likeness (QED) is 0.329. The maximum Gasteiger partial charge on any atom is 0.251 e. The van der Waals surface area contributed by atoms with Gasteiger partial charge >= 0.3 is 0 Å². The maximum absolute atomic E-state index is 11.6. The van der Waals surface area contributed by atoms with E-state index in [1.165, 1.54) is 5.69 Å². The minimum absolute atomic E-state index is 0.0771. The second-order valence-electron chi connectivity index (χ2n) is 6.67. The summed E-state index contributed by atoms with van der Waals surface area (Å²) in [7, 11) is 1.63. The van der Waals surface area contributed by atoms with E-state index in [9.17, 15) is 4.79 Å². The Hall–Kier alpha value is -3.02. The number of benzene rings is 2. The molecule has 0 saturated heterocycles. The molecule has 0 radical (unpaired) electrons. The molecule has 2 aromatic carbocycles. The van der Waals surface area contributed by atoms with Gasteiger partial charge in [-0.2, -0.15) is 0 Å². The van der Waals surface area contributed by atoms with Crippen LogP contribution in [-0.2, 0) is 6.54 Å². The van der Waals surface area contributed by atoms with Crippen molar-refractivity contribution in [3.63, 3.8) is 0 Å². The van der Waals surface area contributed by atoms with Crippen molar-refractivity contribution in [2.24, 2.45) is 4.99 Å². The van der Waals surface area contributed by atoms with Gasteiger partial charge in [0.25, 0.3) is 5.91 Å². The number of aliphatic imine (C=N–C) groups is 1. The molecule has 6 nitrogen and oxygen atoms in total. The van der Waals surface area contributed by atoms with Crippen LogP contribution in [0.15, 0.2) is 59.6 Å². The van der Waals surface area contributed by atoms with Gasteiger partial charge in [0.05, 0.1) is 6.54 Å². The number of rotatable bonds is 10. The first kappa shape index (κ1) is 22.3. The van der Waals surface area contributed by atoms with Crippen LogP contribution in [0.25, 0.3) is 0 Å². The van der Waals surface area contributed by atoms with Crippen molar-refractivity contribution in [3.8, 4) is 0 Å². The third kappa shape index (κ3) is 7.49. The molecule has 3 N–H and O–H groups in total. The van der Waals surface area contributed by atoms with Crippen LogP contribution in [0, 0.1) is 0 Å². The van der Waals surface area contributed by atoms with Crippen molar-refractivity contribution in [1.29, 1.82) is 0 Å². The van der Waals surface area contributed by atoms with E-state index < -0.39 is 0 Å². The van der Waals surface area contributed by atoms with Crippen LogP contribution in [-0.4, -0.2) is 45.1 Å². The number of guanidine groups is 1. The van der Waals surface area contributed by atoms with E-state index in [1.807, 2.05) is 30.3 Å². The molecule has 0 heterocycles. The predicted molar refractivity (Wildman–Crippen MR) is 122 cm³/mol. The molecule has 0 aliphatic heterocycles. The van der Waals surface area contributed by atoms with E-state index in [0.717, 1.165) is 44.1 Å². The average Bonchev–Trinajstić information content (AvgIpc) is 2.77. The summed E-state index contributed by atoms with van der Waals surface area (Å²) >= 11 is 0. The Kier molecular flexibility index (Phi) is 9.55. The first-order chi connectivity index (χ1) is 14.2. The molecule has 0 bridgehead atoms. The average molecular weight is 396 g/mol. The molecular weight excluding hydrogens is 362 g/mol. The molecule has 6 heteroatoms. The van der Waals surface area contributed by atoms with Crippen LogP contribution in [0.2, 0.25) is 0 Å². The number of carbonyl (C=O) groups excluding carboxylic acids is 1. The lowest BCUT2D eigenvalue weighted by atomic mass is 10.1. The van der Waals surface area contributed by atoms with E-state index >= 15 is 0 Å². The van der Waals surface area contributed by atoms with E-state index in [4.69, 9.17) is 0 Å². The normalized spacial score (nSPS) is 11.1. The molecule has 156 valence electrons. The van der Waals surface area contributed by atoms with Gasteiger partial charge in [-0.05, 0) is 50.1 Å². The van der Waals surface area contributed by atoms with Crippen LogP contribution in [0.3, 0.4) is 0 Å². The summed E-state index contributed by atoms with van der Waals surface area (Å²) in [6, 6.07) is 18.0. The minimum Gasteiger partial charge on any atom is -0.372 e.